The number of rotatable bonds is 3. The van der Waals surface area contributed by atoms with E-state index in [2.05, 4.69) is 10.1 Å². The molecule has 0 bridgehead atoms. The van der Waals surface area contributed by atoms with Gasteiger partial charge in [0.05, 0.1) is 17.6 Å². The number of aromatic amines is 1. The number of hydrogen-bond donors (Lipinski definition) is 1. The Hall–Kier alpha value is -1.75. The molecule has 0 aromatic carbocycles. The van der Waals surface area contributed by atoms with Gasteiger partial charge in [0.15, 0.2) is 0 Å². The van der Waals surface area contributed by atoms with Crippen molar-refractivity contribution in [3.8, 4) is 0 Å². The average Bonchev–Trinajstić information content (AvgIpc) is 3.10. The second kappa shape index (κ2) is 5.71. The highest BCUT2D eigenvalue weighted by atomic mass is 35.5. The normalized spacial score (nSPS) is 19.2. The summed E-state index contributed by atoms with van der Waals surface area (Å²) in [7, 11) is 0. The maximum atomic E-state index is 12.6. The van der Waals surface area contributed by atoms with Gasteiger partial charge in [-0.1, -0.05) is 11.6 Å². The first-order chi connectivity index (χ1) is 9.74. The molecule has 1 fully saturated rings. The first kappa shape index (κ1) is 13.2. The minimum absolute atomic E-state index is 0.0220. The van der Waals surface area contributed by atoms with Crippen LogP contribution in [-0.4, -0.2) is 38.2 Å². The molecule has 0 aliphatic carbocycles. The van der Waals surface area contributed by atoms with Crippen molar-refractivity contribution in [2.75, 3.05) is 6.54 Å². The van der Waals surface area contributed by atoms with Crippen molar-refractivity contribution in [2.24, 2.45) is 0 Å². The lowest BCUT2D eigenvalue weighted by atomic mass is 10.0. The van der Waals surface area contributed by atoms with E-state index >= 15 is 0 Å². The van der Waals surface area contributed by atoms with E-state index in [1.54, 1.807) is 18.5 Å². The molecule has 106 valence electrons. The van der Waals surface area contributed by atoms with Crippen molar-refractivity contribution < 1.29 is 4.79 Å². The van der Waals surface area contributed by atoms with Crippen LogP contribution in [0.5, 0.6) is 0 Å². The van der Waals surface area contributed by atoms with Gasteiger partial charge in [-0.05, 0) is 31.4 Å². The Kier molecular flexibility index (Phi) is 3.78. The van der Waals surface area contributed by atoms with Gasteiger partial charge in [-0.2, -0.15) is 5.10 Å². The molecular weight excluding hydrogens is 276 g/mol. The fourth-order valence-electron chi connectivity index (χ4n) is 2.73. The third kappa shape index (κ3) is 2.72. The van der Waals surface area contributed by atoms with Crippen molar-refractivity contribution in [1.29, 1.82) is 0 Å². The average molecular weight is 293 g/mol. The molecule has 0 spiro atoms. The third-order valence-corrected chi connectivity index (χ3v) is 3.94. The molecule has 1 saturated heterocycles. The van der Waals surface area contributed by atoms with E-state index in [1.807, 2.05) is 21.8 Å². The summed E-state index contributed by atoms with van der Waals surface area (Å²) in [4.78, 5) is 17.4. The summed E-state index contributed by atoms with van der Waals surface area (Å²) < 4.78 is 1.89. The van der Waals surface area contributed by atoms with Crippen molar-refractivity contribution in [3.63, 3.8) is 0 Å². The smallest absolute Gasteiger partial charge is 0.270 e. The summed E-state index contributed by atoms with van der Waals surface area (Å²) in [5.74, 6) is 0.0220. The number of carbonyl (C=O) groups is 1. The Morgan fingerprint density at radius 2 is 2.40 bits per heavy atom. The van der Waals surface area contributed by atoms with Gasteiger partial charge >= 0.3 is 0 Å². The lowest BCUT2D eigenvalue weighted by molar-refractivity contribution is 0.0578. The minimum Gasteiger partial charge on any atom is -0.356 e. The Morgan fingerprint density at radius 1 is 1.50 bits per heavy atom. The predicted octanol–water partition coefficient (Wildman–Crippen LogP) is 2.56. The summed E-state index contributed by atoms with van der Waals surface area (Å²) >= 11 is 5.88. The zero-order chi connectivity index (χ0) is 13.9. The maximum Gasteiger partial charge on any atom is 0.270 e. The Labute approximate surface area is 122 Å². The lowest BCUT2D eigenvalue weighted by Crippen LogP contribution is -2.46. The second-order valence-electron chi connectivity index (χ2n) is 5.11. The molecule has 1 N–H and O–H groups in total. The van der Waals surface area contributed by atoms with Gasteiger partial charge in [0.25, 0.3) is 5.91 Å². The predicted molar refractivity (Wildman–Crippen MR) is 76.7 cm³/mol. The molecule has 2 aromatic rings. The van der Waals surface area contributed by atoms with Crippen LogP contribution in [0, 0.1) is 0 Å². The second-order valence-corrected chi connectivity index (χ2v) is 5.54. The van der Waals surface area contributed by atoms with Crippen LogP contribution in [0.2, 0.25) is 5.02 Å². The summed E-state index contributed by atoms with van der Waals surface area (Å²) in [6.07, 6.45) is 8.56. The molecular formula is C14H17ClN4O. The van der Waals surface area contributed by atoms with E-state index in [4.69, 9.17) is 11.6 Å². The van der Waals surface area contributed by atoms with Gasteiger partial charge in [-0.3, -0.25) is 9.48 Å². The van der Waals surface area contributed by atoms with E-state index in [-0.39, 0.29) is 11.9 Å². The summed E-state index contributed by atoms with van der Waals surface area (Å²) in [5.41, 5.74) is 0.558. The number of H-pyrrole nitrogens is 1. The topological polar surface area (TPSA) is 53.9 Å². The van der Waals surface area contributed by atoms with Crippen LogP contribution in [0.15, 0.2) is 30.7 Å². The Morgan fingerprint density at radius 3 is 3.10 bits per heavy atom. The van der Waals surface area contributed by atoms with Crippen LogP contribution in [0.1, 0.15) is 29.8 Å². The standard InChI is InChI=1S/C14H17ClN4O/c15-11-8-13(16-9-11)14(20)19-7-2-1-4-12(19)10-18-6-3-5-17-18/h3,5-6,8-9,12,16H,1-2,4,7,10H2/t12-/m0/s1. The van der Waals surface area contributed by atoms with Crippen molar-refractivity contribution in [3.05, 3.63) is 41.4 Å². The number of halogens is 1. The first-order valence-corrected chi connectivity index (χ1v) is 7.24. The van der Waals surface area contributed by atoms with Crippen molar-refractivity contribution in [1.82, 2.24) is 19.7 Å². The fraction of sp³-hybridized carbons (Fsp3) is 0.429. The van der Waals surface area contributed by atoms with E-state index in [0.717, 1.165) is 32.4 Å². The van der Waals surface area contributed by atoms with E-state index < -0.39 is 0 Å². The van der Waals surface area contributed by atoms with Crippen molar-refractivity contribution in [2.45, 2.75) is 31.8 Å². The van der Waals surface area contributed by atoms with Crippen LogP contribution < -0.4 is 0 Å². The van der Waals surface area contributed by atoms with Gasteiger partial charge in [-0.15, -0.1) is 0 Å². The minimum atomic E-state index is 0.0220. The number of hydrogen-bond acceptors (Lipinski definition) is 2. The number of carbonyl (C=O) groups excluding carboxylic acids is 1. The molecule has 1 aliphatic rings. The molecule has 1 aliphatic heterocycles. The van der Waals surface area contributed by atoms with Gasteiger partial charge in [0.2, 0.25) is 0 Å². The van der Waals surface area contributed by atoms with Gasteiger partial charge < -0.3 is 9.88 Å². The summed E-state index contributed by atoms with van der Waals surface area (Å²) in [5, 5.41) is 4.79. The summed E-state index contributed by atoms with van der Waals surface area (Å²) in [6.45, 7) is 1.54. The third-order valence-electron chi connectivity index (χ3n) is 3.72. The zero-order valence-corrected chi connectivity index (χ0v) is 11.9. The highest BCUT2D eigenvalue weighted by Crippen LogP contribution is 2.21. The number of nitrogens with one attached hydrogen (secondary N) is 1. The molecule has 0 unspecified atom stereocenters. The molecule has 0 radical (unpaired) electrons. The molecule has 6 heteroatoms. The Balaban J connectivity index is 1.76. The molecule has 20 heavy (non-hydrogen) atoms. The van der Waals surface area contributed by atoms with E-state index in [0.29, 0.717) is 10.7 Å². The van der Waals surface area contributed by atoms with Crippen molar-refractivity contribution >= 4 is 17.5 Å². The number of amides is 1. The lowest BCUT2D eigenvalue weighted by Gasteiger charge is -2.35. The number of likely N-dealkylation sites (tertiary alicyclic amines) is 1. The largest absolute Gasteiger partial charge is 0.356 e. The maximum absolute atomic E-state index is 12.6. The molecule has 1 atom stereocenters. The molecule has 1 amide bonds. The molecule has 2 aromatic heterocycles. The number of nitrogens with zero attached hydrogens (tertiary/aromatic N) is 3. The fourth-order valence-corrected chi connectivity index (χ4v) is 2.89. The van der Waals surface area contributed by atoms with Gasteiger partial charge in [0.1, 0.15) is 5.69 Å². The van der Waals surface area contributed by atoms with Crippen LogP contribution in [0.25, 0.3) is 0 Å². The molecule has 0 saturated carbocycles. The number of aromatic nitrogens is 3. The highest BCUT2D eigenvalue weighted by Gasteiger charge is 2.28. The summed E-state index contributed by atoms with van der Waals surface area (Å²) in [6, 6.07) is 3.78. The first-order valence-electron chi connectivity index (χ1n) is 6.86. The van der Waals surface area contributed by atoms with E-state index in [1.165, 1.54) is 0 Å². The van der Waals surface area contributed by atoms with E-state index in [9.17, 15) is 4.79 Å². The molecule has 3 rings (SSSR count). The quantitative estimate of drug-likeness (QED) is 0.945. The highest BCUT2D eigenvalue weighted by molar-refractivity contribution is 6.30. The molecule has 3 heterocycles. The van der Waals surface area contributed by atoms with Gasteiger partial charge in [-0.25, -0.2) is 0 Å². The number of piperidine rings is 1. The zero-order valence-electron chi connectivity index (χ0n) is 11.1. The van der Waals surface area contributed by atoms with Crippen LogP contribution in [0.3, 0.4) is 0 Å². The van der Waals surface area contributed by atoms with Crippen LogP contribution in [-0.2, 0) is 6.54 Å². The van der Waals surface area contributed by atoms with Crippen LogP contribution in [0.4, 0.5) is 0 Å². The Bertz CT molecular complexity index is 578. The van der Waals surface area contributed by atoms with Gasteiger partial charge in [0, 0.05) is 25.1 Å². The monoisotopic (exact) mass is 292 g/mol. The molecule has 5 nitrogen and oxygen atoms in total. The SMILES string of the molecule is O=C(c1cc(Cl)c[nH]1)N1CCCC[C@H]1Cn1cccn1. The van der Waals surface area contributed by atoms with Crippen LogP contribution >= 0.6 is 11.6 Å².